The first kappa shape index (κ1) is 18.2. The number of phenols is 1. The number of carbonyl (C=O) groups excluding carboxylic acids is 1. The van der Waals surface area contributed by atoms with E-state index < -0.39 is 0 Å². The molecule has 1 fully saturated rings. The molecule has 1 amide bonds. The van der Waals surface area contributed by atoms with Crippen LogP contribution >= 0.6 is 0 Å². The van der Waals surface area contributed by atoms with Crippen molar-refractivity contribution >= 4 is 11.7 Å². The molecule has 6 nitrogen and oxygen atoms in total. The van der Waals surface area contributed by atoms with Crippen molar-refractivity contribution in [3.05, 3.63) is 53.7 Å². The minimum absolute atomic E-state index is 0.0220. The monoisotopic (exact) mass is 354 g/mol. The molecule has 0 aliphatic carbocycles. The number of anilines is 1. The van der Waals surface area contributed by atoms with Crippen molar-refractivity contribution in [2.75, 3.05) is 38.1 Å². The molecule has 1 aliphatic heterocycles. The third-order valence-electron chi connectivity index (χ3n) is 4.74. The van der Waals surface area contributed by atoms with Crippen LogP contribution in [0.5, 0.6) is 5.75 Å². The van der Waals surface area contributed by atoms with E-state index in [1.165, 1.54) is 0 Å². The van der Waals surface area contributed by atoms with Crippen molar-refractivity contribution in [1.82, 2.24) is 15.2 Å². The Morgan fingerprint density at radius 1 is 1.19 bits per heavy atom. The van der Waals surface area contributed by atoms with Gasteiger partial charge in [-0.2, -0.15) is 0 Å². The lowest BCUT2D eigenvalue weighted by atomic mass is 10.1. The molecule has 2 aromatic rings. The quantitative estimate of drug-likeness (QED) is 0.828. The van der Waals surface area contributed by atoms with Gasteiger partial charge in [-0.1, -0.05) is 18.2 Å². The first-order chi connectivity index (χ1) is 12.6. The smallest absolute Gasteiger partial charge is 0.220 e. The summed E-state index contributed by atoms with van der Waals surface area (Å²) in [5.74, 6) is 1.19. The van der Waals surface area contributed by atoms with Gasteiger partial charge in [-0.3, -0.25) is 4.79 Å². The van der Waals surface area contributed by atoms with Crippen LogP contribution in [0, 0.1) is 0 Å². The molecule has 1 aromatic heterocycles. The first-order valence-corrected chi connectivity index (χ1v) is 9.04. The van der Waals surface area contributed by atoms with Crippen LogP contribution in [0.4, 0.5) is 5.82 Å². The fourth-order valence-corrected chi connectivity index (χ4v) is 3.04. The topological polar surface area (TPSA) is 68.7 Å². The summed E-state index contributed by atoms with van der Waals surface area (Å²) in [4.78, 5) is 21.2. The third kappa shape index (κ3) is 4.95. The number of aromatic hydroxyl groups is 1. The van der Waals surface area contributed by atoms with Gasteiger partial charge < -0.3 is 20.2 Å². The number of carbonyl (C=O) groups is 1. The van der Waals surface area contributed by atoms with Crippen molar-refractivity contribution in [2.45, 2.75) is 19.4 Å². The van der Waals surface area contributed by atoms with Gasteiger partial charge in [-0.05, 0) is 42.8 Å². The first-order valence-electron chi connectivity index (χ1n) is 9.04. The molecule has 1 aromatic carbocycles. The van der Waals surface area contributed by atoms with E-state index in [1.54, 1.807) is 18.3 Å². The number of nitrogens with one attached hydrogen (secondary N) is 1. The number of rotatable bonds is 6. The molecule has 0 spiro atoms. The summed E-state index contributed by atoms with van der Waals surface area (Å²) in [6.07, 6.45) is 2.69. The number of pyridine rings is 1. The summed E-state index contributed by atoms with van der Waals surface area (Å²) in [6.45, 7) is 4.51. The van der Waals surface area contributed by atoms with Crippen molar-refractivity contribution in [3.63, 3.8) is 0 Å². The normalized spacial score (nSPS) is 15.0. The number of aryl methyl sites for hydroxylation is 1. The van der Waals surface area contributed by atoms with Crippen LogP contribution < -0.4 is 10.2 Å². The van der Waals surface area contributed by atoms with E-state index in [9.17, 15) is 9.90 Å². The number of hydrogen-bond acceptors (Lipinski definition) is 5. The molecule has 1 aliphatic rings. The summed E-state index contributed by atoms with van der Waals surface area (Å²) in [7, 11) is 2.13. The Hall–Kier alpha value is -2.60. The van der Waals surface area contributed by atoms with Gasteiger partial charge in [0.05, 0.1) is 0 Å². The molecular weight excluding hydrogens is 328 g/mol. The van der Waals surface area contributed by atoms with Gasteiger partial charge in [0.15, 0.2) is 0 Å². The van der Waals surface area contributed by atoms with Crippen molar-refractivity contribution in [2.24, 2.45) is 0 Å². The van der Waals surface area contributed by atoms with Gasteiger partial charge in [0, 0.05) is 45.3 Å². The zero-order chi connectivity index (χ0) is 18.4. The zero-order valence-corrected chi connectivity index (χ0v) is 15.2. The number of amides is 1. The molecule has 138 valence electrons. The maximum absolute atomic E-state index is 12.1. The number of aromatic nitrogens is 1. The second-order valence-electron chi connectivity index (χ2n) is 6.72. The zero-order valence-electron chi connectivity index (χ0n) is 15.2. The highest BCUT2D eigenvalue weighted by Gasteiger charge is 2.15. The minimum Gasteiger partial charge on any atom is -0.508 e. The van der Waals surface area contributed by atoms with Gasteiger partial charge in [-0.25, -0.2) is 4.98 Å². The van der Waals surface area contributed by atoms with E-state index in [0.717, 1.165) is 43.1 Å². The summed E-state index contributed by atoms with van der Waals surface area (Å²) < 4.78 is 0. The maximum Gasteiger partial charge on any atom is 0.220 e. The number of benzene rings is 1. The lowest BCUT2D eigenvalue weighted by molar-refractivity contribution is -0.121. The maximum atomic E-state index is 12.1. The minimum atomic E-state index is -0.0220. The molecular formula is C20H26N4O2. The van der Waals surface area contributed by atoms with Gasteiger partial charge in [0.2, 0.25) is 5.91 Å². The second kappa shape index (κ2) is 8.67. The summed E-state index contributed by atoms with van der Waals surface area (Å²) >= 11 is 0. The van der Waals surface area contributed by atoms with Crippen molar-refractivity contribution in [3.8, 4) is 5.75 Å². The van der Waals surface area contributed by atoms with E-state index in [2.05, 4.69) is 33.2 Å². The Kier molecular flexibility index (Phi) is 6.07. The molecule has 6 heteroatoms. The number of nitrogens with zero attached hydrogens (tertiary/aromatic N) is 3. The third-order valence-corrected chi connectivity index (χ3v) is 4.74. The van der Waals surface area contributed by atoms with Crippen molar-refractivity contribution < 1.29 is 9.90 Å². The number of likely N-dealkylation sites (N-methyl/N-ethyl adjacent to an activating group) is 1. The Balaban J connectivity index is 1.49. The van der Waals surface area contributed by atoms with Gasteiger partial charge in [0.25, 0.3) is 0 Å². The van der Waals surface area contributed by atoms with Crippen LogP contribution in [0.1, 0.15) is 17.5 Å². The predicted octanol–water partition coefficient (Wildman–Crippen LogP) is 1.79. The molecule has 1 saturated heterocycles. The van der Waals surface area contributed by atoms with Crippen LogP contribution in [0.3, 0.4) is 0 Å². The van der Waals surface area contributed by atoms with E-state index in [1.807, 2.05) is 18.2 Å². The van der Waals surface area contributed by atoms with Crippen LogP contribution in [0.25, 0.3) is 0 Å². The number of para-hydroxylation sites is 1. The molecule has 2 heterocycles. The average Bonchev–Trinajstić information content (AvgIpc) is 2.66. The lowest BCUT2D eigenvalue weighted by Gasteiger charge is -2.33. The van der Waals surface area contributed by atoms with Crippen molar-refractivity contribution in [1.29, 1.82) is 0 Å². The highest BCUT2D eigenvalue weighted by molar-refractivity contribution is 5.76. The molecule has 0 bridgehead atoms. The highest BCUT2D eigenvalue weighted by Crippen LogP contribution is 2.17. The largest absolute Gasteiger partial charge is 0.508 e. The number of hydrogen-bond donors (Lipinski definition) is 2. The van der Waals surface area contributed by atoms with Gasteiger partial charge in [-0.15, -0.1) is 0 Å². The molecule has 0 atom stereocenters. The van der Waals surface area contributed by atoms with Gasteiger partial charge in [0.1, 0.15) is 11.6 Å². The Bertz CT molecular complexity index is 742. The van der Waals surface area contributed by atoms with Gasteiger partial charge >= 0.3 is 0 Å². The molecule has 0 saturated carbocycles. The molecule has 0 unspecified atom stereocenters. The fraction of sp³-hybridized carbons (Fsp3) is 0.400. The second-order valence-corrected chi connectivity index (χ2v) is 6.72. The summed E-state index contributed by atoms with van der Waals surface area (Å²) in [6, 6.07) is 11.1. The summed E-state index contributed by atoms with van der Waals surface area (Å²) in [5, 5.41) is 12.7. The average molecular weight is 354 g/mol. The van der Waals surface area contributed by atoms with E-state index >= 15 is 0 Å². The fourth-order valence-electron chi connectivity index (χ4n) is 3.04. The molecule has 26 heavy (non-hydrogen) atoms. The summed E-state index contributed by atoms with van der Waals surface area (Å²) in [5.41, 5.74) is 1.84. The van der Waals surface area contributed by atoms with E-state index in [4.69, 9.17) is 0 Å². The standard InChI is InChI=1S/C20H26N4O2/c1-23-10-12-24(13-11-23)19-14-16(8-9-21-19)15-22-20(26)7-6-17-4-2-3-5-18(17)25/h2-5,8-9,14,25H,6-7,10-13,15H2,1H3,(H,22,26). The Labute approximate surface area is 154 Å². The lowest BCUT2D eigenvalue weighted by Crippen LogP contribution is -2.44. The van der Waals surface area contributed by atoms with Crippen LogP contribution in [-0.4, -0.2) is 54.1 Å². The Morgan fingerprint density at radius 3 is 2.73 bits per heavy atom. The van der Waals surface area contributed by atoms with Crippen LogP contribution in [0.15, 0.2) is 42.6 Å². The number of piperazine rings is 1. The van der Waals surface area contributed by atoms with Crippen LogP contribution in [-0.2, 0) is 17.8 Å². The van der Waals surface area contributed by atoms with E-state index in [-0.39, 0.29) is 11.7 Å². The predicted molar refractivity (Wildman–Crippen MR) is 102 cm³/mol. The van der Waals surface area contributed by atoms with Crippen LogP contribution in [0.2, 0.25) is 0 Å². The van der Waals surface area contributed by atoms with E-state index in [0.29, 0.717) is 19.4 Å². The molecule has 0 radical (unpaired) electrons. The SMILES string of the molecule is CN1CCN(c2cc(CNC(=O)CCc3ccccc3O)ccn2)CC1. The Morgan fingerprint density at radius 2 is 1.96 bits per heavy atom. The molecule has 3 rings (SSSR count). The number of phenolic OH excluding ortho intramolecular Hbond substituents is 1. The molecule has 2 N–H and O–H groups in total. The highest BCUT2D eigenvalue weighted by atomic mass is 16.3.